The fraction of sp³-hybridized carbons (Fsp3) is 1.00. The molecule has 24 unspecified atom stereocenters. The summed E-state index contributed by atoms with van der Waals surface area (Å²) in [5, 5.41) is 155. The van der Waals surface area contributed by atoms with E-state index < -0.39 is 167 Å². The van der Waals surface area contributed by atoms with Gasteiger partial charge in [0.25, 0.3) is 0 Å². The van der Waals surface area contributed by atoms with Gasteiger partial charge in [0.15, 0.2) is 25.2 Å². The normalized spacial score (nSPS) is 54.1. The number of aliphatic hydroxyl groups excluding tert-OH is 15. The first-order valence-corrected chi connectivity index (χ1v) is 17.3. The molecular weight excluding hydrogens is 728 g/mol. The van der Waals surface area contributed by atoms with Crippen LogP contribution in [0.25, 0.3) is 0 Å². The highest BCUT2D eigenvalue weighted by atomic mass is 16.8. The van der Waals surface area contributed by atoms with Crippen molar-refractivity contribution in [3.05, 3.63) is 0 Å². The number of aliphatic hydroxyl groups is 15. The summed E-state index contributed by atoms with van der Waals surface area (Å²) < 4.78 is 44.2. The Morgan fingerprint density at radius 3 is 1.26 bits per heavy atom. The van der Waals surface area contributed by atoms with Crippen molar-refractivity contribution < 1.29 is 114 Å². The topological polar surface area (TPSA) is 377 Å². The summed E-state index contributed by atoms with van der Waals surface area (Å²) in [5.74, 6) is 0. The first-order valence-electron chi connectivity index (χ1n) is 17.3. The minimum absolute atomic E-state index is 0.0182. The van der Waals surface area contributed by atoms with Crippen molar-refractivity contribution in [3.8, 4) is 0 Å². The molecule has 310 valence electrons. The molecular formula is C30H52O23. The lowest BCUT2D eigenvalue weighted by atomic mass is 9.88. The highest BCUT2D eigenvalue weighted by molar-refractivity contribution is 4.98. The molecule has 53 heavy (non-hydrogen) atoms. The average Bonchev–Trinajstić information content (AvgIpc) is 3.14. The lowest BCUT2D eigenvalue weighted by Gasteiger charge is -2.48. The van der Waals surface area contributed by atoms with Gasteiger partial charge in [0.1, 0.15) is 104 Å². The molecule has 5 rings (SSSR count). The SMILES string of the molecule is CC1OC(O)C(O)C(O)C1OC1CCC(OC2OC(CO)C(OC3OC(CO)C(OC4OC(CO)C(O)C(O)C4O)C(O)C3O)C(O)C2O)C(O)C1O. The van der Waals surface area contributed by atoms with Crippen molar-refractivity contribution in [3.63, 3.8) is 0 Å². The molecule has 5 aliphatic rings. The molecule has 4 aliphatic heterocycles. The van der Waals surface area contributed by atoms with Crippen molar-refractivity contribution in [2.75, 3.05) is 19.8 Å². The van der Waals surface area contributed by atoms with Gasteiger partial charge in [-0.25, -0.2) is 0 Å². The summed E-state index contributed by atoms with van der Waals surface area (Å²) in [5.41, 5.74) is 0. The van der Waals surface area contributed by atoms with Gasteiger partial charge in [0.05, 0.1) is 38.1 Å². The Morgan fingerprint density at radius 1 is 0.396 bits per heavy atom. The van der Waals surface area contributed by atoms with Gasteiger partial charge < -0.3 is 114 Å². The molecule has 0 amide bonds. The standard InChI is InChI=1S/C30H52O23/c1-7-24(17(38)20(41)27(45)46-7)47-8-2-3-9(14(35)13(8)34)48-28-22(43)18(39)25(11(5-32)50-28)53-30-23(44)19(40)26(12(6-33)51-30)52-29-21(42)16(37)15(36)10(4-31)49-29/h7-45H,2-6H2,1H3. The molecule has 4 heterocycles. The fourth-order valence-corrected chi connectivity index (χ4v) is 7.15. The molecule has 0 bridgehead atoms. The van der Waals surface area contributed by atoms with Crippen molar-refractivity contribution in [2.45, 2.75) is 167 Å². The van der Waals surface area contributed by atoms with Gasteiger partial charge in [-0.15, -0.1) is 0 Å². The Kier molecular flexibility index (Phi) is 14.8. The zero-order valence-corrected chi connectivity index (χ0v) is 28.4. The summed E-state index contributed by atoms with van der Waals surface area (Å²) in [6.07, 6.45) is -39.0. The molecule has 0 radical (unpaired) electrons. The first kappa shape index (κ1) is 43.2. The Balaban J connectivity index is 1.18. The van der Waals surface area contributed by atoms with E-state index in [1.165, 1.54) is 6.92 Å². The van der Waals surface area contributed by atoms with Gasteiger partial charge in [-0.05, 0) is 19.8 Å². The smallest absolute Gasteiger partial charge is 0.187 e. The number of hydrogen-bond acceptors (Lipinski definition) is 23. The van der Waals surface area contributed by atoms with Crippen LogP contribution < -0.4 is 0 Å². The highest BCUT2D eigenvalue weighted by Gasteiger charge is 2.55. The van der Waals surface area contributed by atoms with Crippen LogP contribution in [0, 0.1) is 0 Å². The maximum Gasteiger partial charge on any atom is 0.187 e. The third kappa shape index (κ3) is 8.82. The van der Waals surface area contributed by atoms with Crippen LogP contribution in [0.3, 0.4) is 0 Å². The molecule has 1 aliphatic carbocycles. The quantitative estimate of drug-likeness (QED) is 0.0925. The van der Waals surface area contributed by atoms with E-state index in [1.807, 2.05) is 0 Å². The predicted octanol–water partition coefficient (Wildman–Crippen LogP) is -9.45. The van der Waals surface area contributed by atoms with E-state index in [1.54, 1.807) is 0 Å². The van der Waals surface area contributed by atoms with Crippen LogP contribution in [0.2, 0.25) is 0 Å². The maximum atomic E-state index is 11.0. The van der Waals surface area contributed by atoms with Gasteiger partial charge in [-0.2, -0.15) is 0 Å². The summed E-state index contributed by atoms with van der Waals surface area (Å²) in [4.78, 5) is 0. The highest BCUT2D eigenvalue weighted by Crippen LogP contribution is 2.35. The van der Waals surface area contributed by atoms with Crippen molar-refractivity contribution in [2.24, 2.45) is 0 Å². The lowest BCUT2D eigenvalue weighted by Crippen LogP contribution is -2.67. The number of hydrogen-bond donors (Lipinski definition) is 15. The van der Waals surface area contributed by atoms with E-state index in [4.69, 9.17) is 37.9 Å². The van der Waals surface area contributed by atoms with E-state index in [9.17, 15) is 76.6 Å². The third-order valence-electron chi connectivity index (χ3n) is 10.4. The summed E-state index contributed by atoms with van der Waals surface area (Å²) in [6, 6.07) is 0. The van der Waals surface area contributed by atoms with E-state index in [0.717, 1.165) is 0 Å². The van der Waals surface area contributed by atoms with Gasteiger partial charge in [-0.1, -0.05) is 0 Å². The summed E-state index contributed by atoms with van der Waals surface area (Å²) in [6.45, 7) is -1.08. The minimum atomic E-state index is -2.02. The molecule has 15 N–H and O–H groups in total. The molecule has 1 saturated carbocycles. The maximum absolute atomic E-state index is 11.0. The zero-order chi connectivity index (χ0) is 39.0. The zero-order valence-electron chi connectivity index (χ0n) is 28.4. The van der Waals surface area contributed by atoms with E-state index in [0.29, 0.717) is 0 Å². The number of ether oxygens (including phenoxy) is 8. The average molecular weight is 781 g/mol. The summed E-state index contributed by atoms with van der Waals surface area (Å²) in [7, 11) is 0. The minimum Gasteiger partial charge on any atom is -0.394 e. The third-order valence-corrected chi connectivity index (χ3v) is 10.4. The monoisotopic (exact) mass is 780 g/mol. The predicted molar refractivity (Wildman–Crippen MR) is 162 cm³/mol. The van der Waals surface area contributed by atoms with E-state index in [2.05, 4.69) is 0 Å². The van der Waals surface area contributed by atoms with Crippen LogP contribution in [0.15, 0.2) is 0 Å². The Labute approximate surface area is 301 Å². The van der Waals surface area contributed by atoms with Gasteiger partial charge in [0.2, 0.25) is 0 Å². The number of rotatable bonds is 11. The summed E-state index contributed by atoms with van der Waals surface area (Å²) >= 11 is 0. The molecule has 0 aromatic carbocycles. The lowest BCUT2D eigenvalue weighted by molar-refractivity contribution is -0.382. The molecule has 0 aromatic heterocycles. The Hall–Kier alpha value is -0.920. The second-order valence-corrected chi connectivity index (χ2v) is 13.9. The second-order valence-electron chi connectivity index (χ2n) is 13.9. The molecule has 4 saturated heterocycles. The first-order chi connectivity index (χ1) is 25.0. The van der Waals surface area contributed by atoms with Crippen LogP contribution >= 0.6 is 0 Å². The van der Waals surface area contributed by atoms with E-state index >= 15 is 0 Å². The van der Waals surface area contributed by atoms with Crippen LogP contribution in [-0.4, -0.2) is 244 Å². The van der Waals surface area contributed by atoms with Gasteiger partial charge in [-0.3, -0.25) is 0 Å². The van der Waals surface area contributed by atoms with Crippen molar-refractivity contribution in [1.29, 1.82) is 0 Å². The van der Waals surface area contributed by atoms with Crippen LogP contribution in [0.4, 0.5) is 0 Å². The molecule has 24 atom stereocenters. The largest absolute Gasteiger partial charge is 0.394 e. The van der Waals surface area contributed by atoms with Crippen molar-refractivity contribution >= 4 is 0 Å². The van der Waals surface area contributed by atoms with E-state index in [-0.39, 0.29) is 12.8 Å². The van der Waals surface area contributed by atoms with Crippen LogP contribution in [-0.2, 0) is 37.9 Å². The second kappa shape index (κ2) is 18.1. The molecule has 0 aromatic rings. The molecule has 0 spiro atoms. The molecule has 23 heteroatoms. The Bertz CT molecular complexity index is 1140. The fourth-order valence-electron chi connectivity index (χ4n) is 7.15. The van der Waals surface area contributed by atoms with Gasteiger partial charge >= 0.3 is 0 Å². The molecule has 5 fully saturated rings. The van der Waals surface area contributed by atoms with Crippen LogP contribution in [0.5, 0.6) is 0 Å². The Morgan fingerprint density at radius 2 is 0.792 bits per heavy atom. The van der Waals surface area contributed by atoms with Gasteiger partial charge in [0, 0.05) is 0 Å². The molecule has 23 nitrogen and oxygen atoms in total. The van der Waals surface area contributed by atoms with Crippen LogP contribution in [0.1, 0.15) is 19.8 Å². The van der Waals surface area contributed by atoms with Crippen molar-refractivity contribution in [1.82, 2.24) is 0 Å².